The minimum absolute atomic E-state index is 0.224. The number of rotatable bonds is 8. The van der Waals surface area contributed by atoms with Gasteiger partial charge in [0.15, 0.2) is 0 Å². The van der Waals surface area contributed by atoms with Crippen LogP contribution in [0.4, 0.5) is 28.8 Å². The van der Waals surface area contributed by atoms with Gasteiger partial charge in [-0.3, -0.25) is 4.79 Å². The predicted octanol–water partition coefficient (Wildman–Crippen LogP) is 6.78. The van der Waals surface area contributed by atoms with Gasteiger partial charge in [-0.05, 0) is 79.6 Å². The molecule has 3 aromatic carbocycles. The summed E-state index contributed by atoms with van der Waals surface area (Å²) < 4.78 is 5.76. The van der Waals surface area contributed by atoms with Crippen molar-refractivity contribution in [3.05, 3.63) is 102 Å². The molecule has 8 nitrogen and oxygen atoms in total. The molecule has 0 aliphatic rings. The van der Waals surface area contributed by atoms with Gasteiger partial charge in [0, 0.05) is 23.6 Å². The molecule has 0 unspecified atom stereocenters. The normalized spacial score (nSPS) is 10.7. The summed E-state index contributed by atoms with van der Waals surface area (Å²) in [4.78, 5) is 26.6. The van der Waals surface area contributed by atoms with E-state index in [9.17, 15) is 4.79 Å². The molecule has 190 valence electrons. The second kappa shape index (κ2) is 11.0. The molecule has 0 fully saturated rings. The number of hydrogen-bond acceptors (Lipinski definition) is 7. The first-order chi connectivity index (χ1) is 18.5. The summed E-state index contributed by atoms with van der Waals surface area (Å²) >= 11 is 0. The molecule has 0 aliphatic heterocycles. The Morgan fingerprint density at radius 3 is 2.32 bits per heavy atom. The average Bonchev–Trinajstić information content (AvgIpc) is 2.89. The second-order valence-electron chi connectivity index (χ2n) is 8.78. The molecule has 0 saturated heterocycles. The molecule has 0 aliphatic carbocycles. The highest BCUT2D eigenvalue weighted by Crippen LogP contribution is 2.29. The predicted molar refractivity (Wildman–Crippen MR) is 152 cm³/mol. The van der Waals surface area contributed by atoms with Crippen LogP contribution in [0.25, 0.3) is 10.8 Å². The van der Waals surface area contributed by atoms with Crippen molar-refractivity contribution in [1.82, 2.24) is 15.0 Å². The Hall–Kier alpha value is -4.98. The Labute approximate surface area is 221 Å². The first kappa shape index (κ1) is 24.7. The molecule has 8 heteroatoms. The summed E-state index contributed by atoms with van der Waals surface area (Å²) in [5.74, 6) is 2.95. The number of nitrogens with zero attached hydrogens (tertiary/aromatic N) is 3. The number of ether oxygens (including phenoxy) is 1. The van der Waals surface area contributed by atoms with Crippen molar-refractivity contribution in [2.75, 3.05) is 22.6 Å². The van der Waals surface area contributed by atoms with Gasteiger partial charge in [0.25, 0.3) is 5.91 Å². The van der Waals surface area contributed by atoms with E-state index >= 15 is 0 Å². The zero-order valence-electron chi connectivity index (χ0n) is 21.4. The maximum absolute atomic E-state index is 13.3. The Morgan fingerprint density at radius 1 is 0.816 bits per heavy atom. The highest BCUT2D eigenvalue weighted by atomic mass is 16.5. The van der Waals surface area contributed by atoms with Crippen LogP contribution in [0.5, 0.6) is 5.75 Å². The van der Waals surface area contributed by atoms with Crippen molar-refractivity contribution < 1.29 is 9.53 Å². The van der Waals surface area contributed by atoms with Crippen LogP contribution in [0.1, 0.15) is 28.7 Å². The Bertz CT molecular complexity index is 1600. The van der Waals surface area contributed by atoms with E-state index in [1.165, 1.54) is 0 Å². The quantitative estimate of drug-likeness (QED) is 0.214. The molecule has 0 radical (unpaired) electrons. The zero-order chi connectivity index (χ0) is 26.5. The van der Waals surface area contributed by atoms with E-state index in [0.29, 0.717) is 46.9 Å². The third kappa shape index (κ3) is 5.70. The van der Waals surface area contributed by atoms with Gasteiger partial charge in [-0.2, -0.15) is 0 Å². The Balaban J connectivity index is 1.32. The van der Waals surface area contributed by atoms with E-state index in [1.807, 2.05) is 99.6 Å². The van der Waals surface area contributed by atoms with Gasteiger partial charge in [-0.15, -0.1) is 0 Å². The number of hydrogen-bond donors (Lipinski definition) is 3. The van der Waals surface area contributed by atoms with Gasteiger partial charge in [0.05, 0.1) is 12.2 Å². The van der Waals surface area contributed by atoms with Gasteiger partial charge in [-0.25, -0.2) is 15.0 Å². The number of aromatic nitrogens is 3. The van der Waals surface area contributed by atoms with E-state index in [4.69, 9.17) is 4.74 Å². The lowest BCUT2D eigenvalue weighted by molar-refractivity contribution is 0.102. The number of aryl methyl sites for hydroxylation is 2. The van der Waals surface area contributed by atoms with Gasteiger partial charge in [0.1, 0.15) is 29.0 Å². The maximum Gasteiger partial charge on any atom is 0.260 e. The fourth-order valence-corrected chi connectivity index (χ4v) is 4.17. The third-order valence-corrected chi connectivity index (χ3v) is 5.84. The van der Waals surface area contributed by atoms with Crippen LogP contribution in [0.15, 0.2) is 85.1 Å². The largest absolute Gasteiger partial charge is 0.493 e. The smallest absolute Gasteiger partial charge is 0.260 e. The lowest BCUT2D eigenvalue weighted by Gasteiger charge is -2.14. The highest BCUT2D eigenvalue weighted by Gasteiger charge is 2.17. The molecule has 0 bridgehead atoms. The van der Waals surface area contributed by atoms with Crippen molar-refractivity contribution >= 4 is 45.5 Å². The lowest BCUT2D eigenvalue weighted by atomic mass is 10.0. The molecule has 2 heterocycles. The Kier molecular flexibility index (Phi) is 7.13. The molecular formula is C30H28N6O2. The SMILES string of the molecule is CCOc1ccc2ccccc2c1C(=O)Nc1ccc(Nc2cc(Nc3cc(C)ccn3)nc(C)n2)cc1. The monoisotopic (exact) mass is 504 g/mol. The second-order valence-corrected chi connectivity index (χ2v) is 8.78. The molecule has 0 atom stereocenters. The number of nitrogens with one attached hydrogen (secondary N) is 3. The first-order valence-corrected chi connectivity index (χ1v) is 12.4. The molecule has 0 spiro atoms. The molecule has 2 aromatic heterocycles. The van der Waals surface area contributed by atoms with Crippen molar-refractivity contribution in [2.45, 2.75) is 20.8 Å². The summed E-state index contributed by atoms with van der Waals surface area (Å²) in [6.45, 7) is 6.22. The number of pyridine rings is 1. The van der Waals surface area contributed by atoms with Crippen molar-refractivity contribution in [1.29, 1.82) is 0 Å². The van der Waals surface area contributed by atoms with Gasteiger partial charge in [-0.1, -0.05) is 30.3 Å². The summed E-state index contributed by atoms with van der Waals surface area (Å²) in [5.41, 5.74) is 3.11. The zero-order valence-corrected chi connectivity index (χ0v) is 21.4. The molecule has 5 rings (SSSR count). The van der Waals surface area contributed by atoms with E-state index in [1.54, 1.807) is 6.20 Å². The molecule has 0 saturated carbocycles. The minimum atomic E-state index is -0.224. The summed E-state index contributed by atoms with van der Waals surface area (Å²) in [6, 6.07) is 24.8. The van der Waals surface area contributed by atoms with Gasteiger partial charge < -0.3 is 20.7 Å². The third-order valence-electron chi connectivity index (χ3n) is 5.84. The van der Waals surface area contributed by atoms with Crippen LogP contribution in [-0.2, 0) is 0 Å². The molecular weight excluding hydrogens is 476 g/mol. The van der Waals surface area contributed by atoms with Crippen LogP contribution in [-0.4, -0.2) is 27.5 Å². The lowest BCUT2D eigenvalue weighted by Crippen LogP contribution is -2.14. The van der Waals surface area contributed by atoms with Crippen LogP contribution >= 0.6 is 0 Å². The fraction of sp³-hybridized carbons (Fsp3) is 0.133. The number of fused-ring (bicyclic) bond motifs is 1. The van der Waals surface area contributed by atoms with E-state index in [0.717, 1.165) is 22.0 Å². The number of carbonyl (C=O) groups excluding carboxylic acids is 1. The van der Waals surface area contributed by atoms with E-state index in [-0.39, 0.29) is 5.91 Å². The van der Waals surface area contributed by atoms with E-state index in [2.05, 4.69) is 30.9 Å². The average molecular weight is 505 g/mol. The fourth-order valence-electron chi connectivity index (χ4n) is 4.17. The van der Waals surface area contributed by atoms with Crippen molar-refractivity contribution in [3.63, 3.8) is 0 Å². The first-order valence-electron chi connectivity index (χ1n) is 12.4. The standard InChI is InChI=1S/C30H28N6O2/c1-4-38-25-14-9-21-7-5-6-8-24(21)29(25)30(37)35-23-12-10-22(11-13-23)34-27-18-28(33-20(3)32-27)36-26-17-19(2)15-16-31-26/h5-18H,4H2,1-3H3,(H,35,37)(H2,31,32,33,34,36). The van der Waals surface area contributed by atoms with Crippen LogP contribution in [0.2, 0.25) is 0 Å². The van der Waals surface area contributed by atoms with Crippen molar-refractivity contribution in [2.24, 2.45) is 0 Å². The topological polar surface area (TPSA) is 101 Å². The number of amides is 1. The van der Waals surface area contributed by atoms with Crippen LogP contribution in [0.3, 0.4) is 0 Å². The number of benzene rings is 3. The molecule has 5 aromatic rings. The Morgan fingerprint density at radius 2 is 1.55 bits per heavy atom. The van der Waals surface area contributed by atoms with Gasteiger partial charge >= 0.3 is 0 Å². The van der Waals surface area contributed by atoms with Gasteiger partial charge in [0.2, 0.25) is 0 Å². The van der Waals surface area contributed by atoms with Crippen molar-refractivity contribution in [3.8, 4) is 5.75 Å². The number of anilines is 5. The molecule has 1 amide bonds. The van der Waals surface area contributed by atoms with E-state index < -0.39 is 0 Å². The number of carbonyl (C=O) groups is 1. The van der Waals surface area contributed by atoms with Crippen LogP contribution < -0.4 is 20.7 Å². The minimum Gasteiger partial charge on any atom is -0.493 e. The molecule has 3 N–H and O–H groups in total. The van der Waals surface area contributed by atoms with Crippen LogP contribution in [0, 0.1) is 13.8 Å². The summed E-state index contributed by atoms with van der Waals surface area (Å²) in [5, 5.41) is 11.4. The summed E-state index contributed by atoms with van der Waals surface area (Å²) in [7, 11) is 0. The maximum atomic E-state index is 13.3. The summed E-state index contributed by atoms with van der Waals surface area (Å²) in [6.07, 6.45) is 1.75. The highest BCUT2D eigenvalue weighted by molar-refractivity contribution is 6.15. The molecule has 38 heavy (non-hydrogen) atoms.